The van der Waals surface area contributed by atoms with Crippen LogP contribution in [0.2, 0.25) is 5.02 Å². The second-order valence-corrected chi connectivity index (χ2v) is 8.82. The molecule has 8 heteroatoms. The lowest BCUT2D eigenvalue weighted by Gasteiger charge is -2.25. The molecule has 3 aliphatic rings. The van der Waals surface area contributed by atoms with Crippen LogP contribution in [0.4, 0.5) is 4.39 Å². The van der Waals surface area contributed by atoms with Crippen LogP contribution in [0.1, 0.15) is 47.7 Å². The normalized spacial score (nSPS) is 24.4. The van der Waals surface area contributed by atoms with Gasteiger partial charge in [-0.1, -0.05) is 11.6 Å². The molecule has 1 aliphatic carbocycles. The highest BCUT2D eigenvalue weighted by Gasteiger charge is 2.37. The van der Waals surface area contributed by atoms with Gasteiger partial charge in [0.2, 0.25) is 5.88 Å². The summed E-state index contributed by atoms with van der Waals surface area (Å²) in [5.74, 6) is 0.523. The predicted octanol–water partition coefficient (Wildman–Crippen LogP) is 3.51. The number of aromatic nitrogens is 2. The number of rotatable bonds is 4. The lowest BCUT2D eigenvalue weighted by atomic mass is 10.1. The SMILES string of the molecule is O=C(c1ccc(F)c(Cl)c1)N1CCCN2C[C@H](Oc3cnc(C4CC4)cn3)C[C@@H]2C1. The van der Waals surface area contributed by atoms with Crippen LogP contribution in [0.15, 0.2) is 30.6 Å². The van der Waals surface area contributed by atoms with Crippen molar-refractivity contribution in [1.29, 1.82) is 0 Å². The van der Waals surface area contributed by atoms with Gasteiger partial charge < -0.3 is 9.64 Å². The van der Waals surface area contributed by atoms with Gasteiger partial charge in [-0.15, -0.1) is 0 Å². The number of nitrogens with zero attached hydrogens (tertiary/aromatic N) is 4. The van der Waals surface area contributed by atoms with Crippen LogP contribution >= 0.6 is 11.6 Å². The molecule has 5 rings (SSSR count). The van der Waals surface area contributed by atoms with E-state index in [9.17, 15) is 9.18 Å². The van der Waals surface area contributed by atoms with Crippen molar-refractivity contribution in [3.8, 4) is 5.88 Å². The maximum Gasteiger partial charge on any atom is 0.253 e. The van der Waals surface area contributed by atoms with Gasteiger partial charge in [-0.05, 0) is 37.5 Å². The molecule has 0 radical (unpaired) electrons. The maximum atomic E-state index is 13.4. The lowest BCUT2D eigenvalue weighted by molar-refractivity contribution is 0.0742. The van der Waals surface area contributed by atoms with E-state index in [1.165, 1.54) is 31.0 Å². The summed E-state index contributed by atoms with van der Waals surface area (Å²) < 4.78 is 19.5. The largest absolute Gasteiger partial charge is 0.472 e. The summed E-state index contributed by atoms with van der Waals surface area (Å²) in [5, 5.41) is -0.0274. The Labute approximate surface area is 180 Å². The number of carbonyl (C=O) groups excluding carboxylic acids is 1. The average Bonchev–Trinajstić information content (AvgIpc) is 3.55. The van der Waals surface area contributed by atoms with E-state index in [1.807, 2.05) is 11.1 Å². The fraction of sp³-hybridized carbons (Fsp3) is 0.500. The molecular weight excluding hydrogens is 407 g/mol. The summed E-state index contributed by atoms with van der Waals surface area (Å²) in [4.78, 5) is 26.1. The molecule has 0 bridgehead atoms. The Bertz CT molecular complexity index is 937. The van der Waals surface area contributed by atoms with Gasteiger partial charge in [0, 0.05) is 50.1 Å². The van der Waals surface area contributed by atoms with E-state index in [-0.39, 0.29) is 23.1 Å². The van der Waals surface area contributed by atoms with Gasteiger partial charge in [0.25, 0.3) is 5.91 Å². The minimum Gasteiger partial charge on any atom is -0.472 e. The van der Waals surface area contributed by atoms with E-state index in [0.717, 1.165) is 31.6 Å². The van der Waals surface area contributed by atoms with Gasteiger partial charge >= 0.3 is 0 Å². The van der Waals surface area contributed by atoms with Gasteiger partial charge in [0.1, 0.15) is 11.9 Å². The summed E-state index contributed by atoms with van der Waals surface area (Å²) in [6.45, 7) is 3.05. The molecule has 6 nitrogen and oxygen atoms in total. The number of carbonyl (C=O) groups is 1. The molecule has 1 saturated carbocycles. The zero-order valence-electron chi connectivity index (χ0n) is 16.6. The second kappa shape index (κ2) is 8.12. The molecule has 2 aliphatic heterocycles. The van der Waals surface area contributed by atoms with Crippen LogP contribution in [0.3, 0.4) is 0 Å². The van der Waals surface area contributed by atoms with Crippen molar-refractivity contribution in [2.45, 2.75) is 43.7 Å². The number of amides is 1. The topological polar surface area (TPSA) is 58.6 Å². The molecule has 158 valence electrons. The van der Waals surface area contributed by atoms with Crippen molar-refractivity contribution in [3.05, 3.63) is 52.7 Å². The maximum absolute atomic E-state index is 13.4. The van der Waals surface area contributed by atoms with Gasteiger partial charge in [0.05, 0.1) is 23.1 Å². The van der Waals surface area contributed by atoms with Crippen molar-refractivity contribution in [3.63, 3.8) is 0 Å². The number of halogens is 2. The molecular formula is C22H24ClFN4O2. The number of hydrogen-bond donors (Lipinski definition) is 0. The van der Waals surface area contributed by atoms with E-state index in [0.29, 0.717) is 30.5 Å². The summed E-state index contributed by atoms with van der Waals surface area (Å²) in [7, 11) is 0. The number of hydrogen-bond acceptors (Lipinski definition) is 5. The molecule has 1 aromatic heterocycles. The Morgan fingerprint density at radius 2 is 2.03 bits per heavy atom. The molecule has 0 spiro atoms. The zero-order valence-corrected chi connectivity index (χ0v) is 17.4. The quantitative estimate of drug-likeness (QED) is 0.742. The van der Waals surface area contributed by atoms with E-state index in [4.69, 9.17) is 16.3 Å². The van der Waals surface area contributed by atoms with Crippen molar-refractivity contribution < 1.29 is 13.9 Å². The first-order valence-electron chi connectivity index (χ1n) is 10.5. The van der Waals surface area contributed by atoms with Crippen LogP contribution in [0.5, 0.6) is 5.88 Å². The molecule has 30 heavy (non-hydrogen) atoms. The first-order valence-corrected chi connectivity index (χ1v) is 10.9. The number of fused-ring (bicyclic) bond motifs is 1. The minimum atomic E-state index is -0.515. The summed E-state index contributed by atoms with van der Waals surface area (Å²) in [6, 6.07) is 4.38. The average molecular weight is 431 g/mol. The fourth-order valence-corrected chi connectivity index (χ4v) is 4.62. The fourth-order valence-electron chi connectivity index (χ4n) is 4.44. The Morgan fingerprint density at radius 3 is 2.77 bits per heavy atom. The van der Waals surface area contributed by atoms with E-state index >= 15 is 0 Å². The highest BCUT2D eigenvalue weighted by Crippen LogP contribution is 2.38. The zero-order chi connectivity index (χ0) is 20.7. The number of benzene rings is 1. The molecule has 0 unspecified atom stereocenters. The van der Waals surface area contributed by atoms with Gasteiger partial charge in [0.15, 0.2) is 0 Å². The highest BCUT2D eigenvalue weighted by atomic mass is 35.5. The molecule has 0 N–H and O–H groups in total. The van der Waals surface area contributed by atoms with Crippen molar-refractivity contribution in [2.24, 2.45) is 0 Å². The van der Waals surface area contributed by atoms with Crippen molar-refractivity contribution >= 4 is 17.5 Å². The van der Waals surface area contributed by atoms with Crippen LogP contribution in [0.25, 0.3) is 0 Å². The Hall–Kier alpha value is -2.25. The van der Waals surface area contributed by atoms with Crippen LogP contribution < -0.4 is 4.74 Å². The van der Waals surface area contributed by atoms with Gasteiger partial charge in [-0.3, -0.25) is 14.7 Å². The first kappa shape index (κ1) is 19.7. The standard InChI is InChI=1S/C22H24ClFN4O2/c23-18-8-15(4-5-19(18)24)22(29)28-7-1-6-27-13-17(9-16(27)12-28)30-21-11-25-20(10-26-21)14-2-3-14/h4-5,8,10-11,14,16-17H,1-3,6-7,9,12-13H2/t16-,17-/m1/s1. The smallest absolute Gasteiger partial charge is 0.253 e. The van der Waals surface area contributed by atoms with Crippen LogP contribution in [-0.4, -0.2) is 64.0 Å². The molecule has 1 aromatic carbocycles. The molecule has 2 atom stereocenters. The third-order valence-corrected chi connectivity index (χ3v) is 6.47. The Morgan fingerprint density at radius 1 is 1.17 bits per heavy atom. The minimum absolute atomic E-state index is 0.0274. The highest BCUT2D eigenvalue weighted by molar-refractivity contribution is 6.31. The third kappa shape index (κ3) is 4.14. The molecule has 2 aromatic rings. The van der Waals surface area contributed by atoms with Gasteiger partial charge in [-0.25, -0.2) is 9.37 Å². The first-order chi connectivity index (χ1) is 14.6. The van der Waals surface area contributed by atoms with Gasteiger partial charge in [-0.2, -0.15) is 0 Å². The molecule has 3 fully saturated rings. The van der Waals surface area contributed by atoms with Crippen LogP contribution in [-0.2, 0) is 0 Å². The summed E-state index contributed by atoms with van der Waals surface area (Å²) >= 11 is 5.86. The van der Waals surface area contributed by atoms with E-state index in [1.54, 1.807) is 6.20 Å². The molecule has 3 heterocycles. The second-order valence-electron chi connectivity index (χ2n) is 8.41. The summed E-state index contributed by atoms with van der Waals surface area (Å²) in [5.41, 5.74) is 1.48. The van der Waals surface area contributed by atoms with Crippen molar-refractivity contribution in [2.75, 3.05) is 26.2 Å². The Balaban J connectivity index is 1.22. The van der Waals surface area contributed by atoms with Crippen LogP contribution in [0, 0.1) is 5.82 Å². The van der Waals surface area contributed by atoms with E-state index in [2.05, 4.69) is 14.9 Å². The lowest BCUT2D eigenvalue weighted by Crippen LogP contribution is -2.39. The Kier molecular flexibility index (Phi) is 5.33. The third-order valence-electron chi connectivity index (χ3n) is 6.18. The van der Waals surface area contributed by atoms with E-state index < -0.39 is 5.82 Å². The summed E-state index contributed by atoms with van der Waals surface area (Å²) in [6.07, 6.45) is 7.71. The molecule has 1 amide bonds. The monoisotopic (exact) mass is 430 g/mol. The van der Waals surface area contributed by atoms with Crippen molar-refractivity contribution in [1.82, 2.24) is 19.8 Å². The molecule has 2 saturated heterocycles. The predicted molar refractivity (Wildman–Crippen MR) is 110 cm³/mol. The number of ether oxygens (including phenoxy) is 1.